The standard InChI is InChI=1S/C14H11FN4O/c15-11-3-5-12(6-4-11)19-9-1-2-13(19)10-17-18-14(20)7-8-16/h1-6,9-10H,7H2,(H,18,20)/b17-10+. The van der Waals surface area contributed by atoms with Crippen molar-refractivity contribution in [2.24, 2.45) is 5.10 Å². The number of carbonyl (C=O) groups is 1. The average Bonchev–Trinajstić information content (AvgIpc) is 2.88. The van der Waals surface area contributed by atoms with Gasteiger partial charge in [-0.25, -0.2) is 9.82 Å². The highest BCUT2D eigenvalue weighted by molar-refractivity contribution is 5.82. The van der Waals surface area contributed by atoms with E-state index in [1.54, 1.807) is 35.0 Å². The second kappa shape index (κ2) is 6.29. The summed E-state index contributed by atoms with van der Waals surface area (Å²) in [4.78, 5) is 11.1. The van der Waals surface area contributed by atoms with E-state index in [1.807, 2.05) is 6.07 Å². The molecule has 1 aromatic carbocycles. The van der Waals surface area contributed by atoms with Crippen LogP contribution in [0.5, 0.6) is 0 Å². The van der Waals surface area contributed by atoms with Gasteiger partial charge in [-0.05, 0) is 36.4 Å². The Hall–Kier alpha value is -2.94. The van der Waals surface area contributed by atoms with Gasteiger partial charge in [0.2, 0.25) is 0 Å². The molecule has 100 valence electrons. The van der Waals surface area contributed by atoms with Gasteiger partial charge in [0.25, 0.3) is 5.91 Å². The summed E-state index contributed by atoms with van der Waals surface area (Å²) >= 11 is 0. The predicted molar refractivity (Wildman–Crippen MR) is 71.7 cm³/mol. The molecule has 0 bridgehead atoms. The fourth-order valence-corrected chi connectivity index (χ4v) is 1.62. The molecule has 0 atom stereocenters. The van der Waals surface area contributed by atoms with Gasteiger partial charge in [0.1, 0.15) is 12.2 Å². The molecule has 0 spiro atoms. The average molecular weight is 270 g/mol. The summed E-state index contributed by atoms with van der Waals surface area (Å²) in [5, 5.41) is 12.1. The first-order chi connectivity index (χ1) is 9.70. The van der Waals surface area contributed by atoms with Crippen LogP contribution in [0, 0.1) is 17.1 Å². The summed E-state index contributed by atoms with van der Waals surface area (Å²) in [6.07, 6.45) is 3.01. The summed E-state index contributed by atoms with van der Waals surface area (Å²) in [7, 11) is 0. The lowest BCUT2D eigenvalue weighted by Crippen LogP contribution is -2.16. The van der Waals surface area contributed by atoms with Crippen LogP contribution in [0.25, 0.3) is 5.69 Å². The molecule has 5 nitrogen and oxygen atoms in total. The molecular weight excluding hydrogens is 259 g/mol. The number of carbonyl (C=O) groups excluding carboxylic acids is 1. The SMILES string of the molecule is N#CCC(=O)N/N=C/c1cccn1-c1ccc(F)cc1. The fraction of sp³-hybridized carbons (Fsp3) is 0.0714. The van der Waals surface area contributed by atoms with Gasteiger partial charge in [0.05, 0.1) is 18.0 Å². The van der Waals surface area contributed by atoms with Crippen LogP contribution in [-0.4, -0.2) is 16.7 Å². The molecular formula is C14H11FN4O. The topological polar surface area (TPSA) is 70.2 Å². The normalized spacial score (nSPS) is 10.4. The number of nitrogens with one attached hydrogen (secondary N) is 1. The Morgan fingerprint density at radius 1 is 1.40 bits per heavy atom. The third kappa shape index (κ3) is 3.29. The van der Waals surface area contributed by atoms with Crippen LogP contribution in [0.1, 0.15) is 12.1 Å². The molecule has 2 rings (SSSR count). The number of hydrazone groups is 1. The van der Waals surface area contributed by atoms with Crippen molar-refractivity contribution >= 4 is 12.1 Å². The second-order valence-corrected chi connectivity index (χ2v) is 3.91. The summed E-state index contributed by atoms with van der Waals surface area (Å²) < 4.78 is 14.7. The Bertz CT molecular complexity index is 667. The van der Waals surface area contributed by atoms with E-state index in [-0.39, 0.29) is 12.2 Å². The number of aromatic nitrogens is 1. The highest BCUT2D eigenvalue weighted by atomic mass is 19.1. The van der Waals surface area contributed by atoms with E-state index in [0.29, 0.717) is 5.69 Å². The maximum atomic E-state index is 12.9. The van der Waals surface area contributed by atoms with Gasteiger partial charge in [0, 0.05) is 11.9 Å². The van der Waals surface area contributed by atoms with E-state index in [9.17, 15) is 9.18 Å². The lowest BCUT2D eigenvalue weighted by atomic mass is 10.3. The Kier molecular flexibility index (Phi) is 4.24. The molecule has 6 heteroatoms. The highest BCUT2D eigenvalue weighted by Gasteiger charge is 2.02. The monoisotopic (exact) mass is 270 g/mol. The summed E-state index contributed by atoms with van der Waals surface area (Å²) in [5.41, 5.74) is 3.74. The molecule has 0 saturated heterocycles. The van der Waals surface area contributed by atoms with Crippen molar-refractivity contribution in [2.75, 3.05) is 0 Å². The number of benzene rings is 1. The minimum Gasteiger partial charge on any atom is -0.316 e. The zero-order valence-corrected chi connectivity index (χ0v) is 10.5. The first-order valence-electron chi connectivity index (χ1n) is 5.83. The van der Waals surface area contributed by atoms with Crippen LogP contribution in [0.15, 0.2) is 47.7 Å². The van der Waals surface area contributed by atoms with E-state index in [0.717, 1.165) is 5.69 Å². The van der Waals surface area contributed by atoms with Gasteiger partial charge in [-0.2, -0.15) is 10.4 Å². The van der Waals surface area contributed by atoms with Gasteiger partial charge in [0.15, 0.2) is 0 Å². The molecule has 0 radical (unpaired) electrons. The van der Waals surface area contributed by atoms with Crippen LogP contribution >= 0.6 is 0 Å². The highest BCUT2D eigenvalue weighted by Crippen LogP contribution is 2.12. The van der Waals surface area contributed by atoms with Gasteiger partial charge < -0.3 is 4.57 Å². The molecule has 0 aliphatic carbocycles. The second-order valence-electron chi connectivity index (χ2n) is 3.91. The lowest BCUT2D eigenvalue weighted by molar-refractivity contribution is -0.120. The zero-order chi connectivity index (χ0) is 14.4. The van der Waals surface area contributed by atoms with Crippen LogP contribution in [0.2, 0.25) is 0 Å². The van der Waals surface area contributed by atoms with Crippen molar-refractivity contribution in [1.29, 1.82) is 5.26 Å². The first-order valence-corrected chi connectivity index (χ1v) is 5.83. The molecule has 0 aliphatic rings. The molecule has 0 saturated carbocycles. The molecule has 0 fully saturated rings. The van der Waals surface area contributed by atoms with E-state index >= 15 is 0 Å². The Balaban J connectivity index is 2.13. The summed E-state index contributed by atoms with van der Waals surface area (Å²) in [6, 6.07) is 11.3. The van der Waals surface area contributed by atoms with Crippen LogP contribution in [0.4, 0.5) is 4.39 Å². The number of hydrogen-bond acceptors (Lipinski definition) is 3. The molecule has 1 amide bonds. The van der Waals surface area contributed by atoms with Crippen molar-refractivity contribution < 1.29 is 9.18 Å². The largest absolute Gasteiger partial charge is 0.316 e. The first kappa shape index (κ1) is 13.5. The van der Waals surface area contributed by atoms with Gasteiger partial charge in [-0.1, -0.05) is 0 Å². The molecule has 0 unspecified atom stereocenters. The van der Waals surface area contributed by atoms with E-state index in [1.165, 1.54) is 18.3 Å². The molecule has 1 aromatic heterocycles. The molecule has 1 N–H and O–H groups in total. The molecule has 0 aliphatic heterocycles. The zero-order valence-electron chi connectivity index (χ0n) is 10.5. The van der Waals surface area contributed by atoms with Crippen molar-refractivity contribution in [3.8, 4) is 11.8 Å². The third-order valence-electron chi connectivity index (χ3n) is 2.51. The Morgan fingerprint density at radius 2 is 2.15 bits per heavy atom. The minimum atomic E-state index is -0.469. The number of nitrogens with zero attached hydrogens (tertiary/aromatic N) is 3. The van der Waals surface area contributed by atoms with Gasteiger partial charge in [-0.15, -0.1) is 0 Å². The molecule has 2 aromatic rings. The predicted octanol–water partition coefficient (Wildman–Crippen LogP) is 1.98. The van der Waals surface area contributed by atoms with Gasteiger partial charge >= 0.3 is 0 Å². The quantitative estimate of drug-likeness (QED) is 0.681. The van der Waals surface area contributed by atoms with E-state index < -0.39 is 5.91 Å². The Morgan fingerprint density at radius 3 is 2.85 bits per heavy atom. The lowest BCUT2D eigenvalue weighted by Gasteiger charge is -2.05. The van der Waals surface area contributed by atoms with E-state index in [4.69, 9.17) is 5.26 Å². The number of rotatable bonds is 4. The minimum absolute atomic E-state index is 0.240. The fourth-order valence-electron chi connectivity index (χ4n) is 1.62. The van der Waals surface area contributed by atoms with Gasteiger partial charge in [-0.3, -0.25) is 4.79 Å². The summed E-state index contributed by atoms with van der Waals surface area (Å²) in [5.74, 6) is -0.775. The maximum absolute atomic E-state index is 12.9. The molecule has 1 heterocycles. The van der Waals surface area contributed by atoms with Crippen molar-refractivity contribution in [3.05, 3.63) is 54.1 Å². The van der Waals surface area contributed by atoms with Crippen LogP contribution in [-0.2, 0) is 4.79 Å². The smallest absolute Gasteiger partial charge is 0.254 e. The third-order valence-corrected chi connectivity index (χ3v) is 2.51. The Labute approximate surface area is 115 Å². The number of amides is 1. The number of nitriles is 1. The van der Waals surface area contributed by atoms with Crippen LogP contribution < -0.4 is 5.43 Å². The number of hydrogen-bond donors (Lipinski definition) is 1. The maximum Gasteiger partial charge on any atom is 0.254 e. The summed E-state index contributed by atoms with van der Waals surface area (Å²) in [6.45, 7) is 0. The van der Waals surface area contributed by atoms with Crippen molar-refractivity contribution in [1.82, 2.24) is 9.99 Å². The van der Waals surface area contributed by atoms with Crippen LogP contribution in [0.3, 0.4) is 0 Å². The van der Waals surface area contributed by atoms with E-state index in [2.05, 4.69) is 10.5 Å². The van der Waals surface area contributed by atoms with Crippen molar-refractivity contribution in [3.63, 3.8) is 0 Å². The van der Waals surface area contributed by atoms with Crippen molar-refractivity contribution in [2.45, 2.75) is 6.42 Å². The number of halogens is 1. The molecule has 20 heavy (non-hydrogen) atoms.